The Kier molecular flexibility index (Phi) is 5.13. The first kappa shape index (κ1) is 13.9. The van der Waals surface area contributed by atoms with Crippen molar-refractivity contribution in [3.8, 4) is 0 Å². The number of ether oxygens (including phenoxy) is 1. The zero-order valence-electron chi connectivity index (χ0n) is 10.4. The summed E-state index contributed by atoms with van der Waals surface area (Å²) in [7, 11) is 0. The van der Waals surface area contributed by atoms with E-state index in [-0.39, 0.29) is 12.0 Å². The zero-order chi connectivity index (χ0) is 13.0. The van der Waals surface area contributed by atoms with Gasteiger partial charge in [-0.2, -0.15) is 5.11 Å². The molecule has 0 aromatic heterocycles. The molecular formula is C13H19ClN2OS. The average Bonchev–Trinajstić information content (AvgIpc) is 2.31. The highest BCUT2D eigenvalue weighted by atomic mass is 35.5. The van der Waals surface area contributed by atoms with Gasteiger partial charge in [-0.25, -0.2) is 5.53 Å². The molecular weight excluding hydrogens is 268 g/mol. The molecule has 2 aliphatic carbocycles. The van der Waals surface area contributed by atoms with Crippen LogP contribution in [0.1, 0.15) is 38.5 Å². The van der Waals surface area contributed by atoms with Crippen molar-refractivity contribution in [2.24, 2.45) is 17.0 Å². The second-order valence-electron chi connectivity index (χ2n) is 5.19. The van der Waals surface area contributed by atoms with Gasteiger partial charge in [-0.15, -0.1) is 0 Å². The first-order valence-corrected chi connectivity index (χ1v) is 7.41. The van der Waals surface area contributed by atoms with E-state index >= 15 is 0 Å². The van der Waals surface area contributed by atoms with Gasteiger partial charge in [0.25, 0.3) is 0 Å². The largest absolute Gasteiger partial charge is 0.496 e. The first-order valence-electron chi connectivity index (χ1n) is 6.56. The van der Waals surface area contributed by atoms with Gasteiger partial charge >= 0.3 is 0 Å². The van der Waals surface area contributed by atoms with Gasteiger partial charge in [-0.3, -0.25) is 0 Å². The molecule has 1 N–H and O–H groups in total. The summed E-state index contributed by atoms with van der Waals surface area (Å²) in [6, 6.07) is -0.179. The van der Waals surface area contributed by atoms with Crippen LogP contribution in [0.5, 0.6) is 0 Å². The summed E-state index contributed by atoms with van der Waals surface area (Å²) < 4.78 is 5.83. The normalized spacial score (nSPS) is 26.4. The summed E-state index contributed by atoms with van der Waals surface area (Å²) in [5.74, 6) is 1.95. The molecule has 0 aromatic carbocycles. The second kappa shape index (κ2) is 6.62. The van der Waals surface area contributed by atoms with Gasteiger partial charge in [0.2, 0.25) is 0 Å². The zero-order valence-corrected chi connectivity index (χ0v) is 12.0. The molecule has 100 valence electrons. The standard InChI is InChI=1S/C13H19ClN2OS/c14-11-6-10(12(8-18)16-15)4-5-13(11)17-7-9-2-1-3-9/h8-10,12,15H,1-7H2. The smallest absolute Gasteiger partial charge is 0.110 e. The van der Waals surface area contributed by atoms with Crippen molar-refractivity contribution in [1.82, 2.24) is 0 Å². The summed E-state index contributed by atoms with van der Waals surface area (Å²) in [6.07, 6.45) is 6.46. The third-order valence-electron chi connectivity index (χ3n) is 3.98. The van der Waals surface area contributed by atoms with Crippen LogP contribution in [-0.2, 0) is 4.74 Å². The van der Waals surface area contributed by atoms with Crippen molar-refractivity contribution in [3.63, 3.8) is 0 Å². The monoisotopic (exact) mass is 286 g/mol. The van der Waals surface area contributed by atoms with Gasteiger partial charge < -0.3 is 4.74 Å². The Hall–Kier alpha value is -0.480. The van der Waals surface area contributed by atoms with Crippen LogP contribution < -0.4 is 0 Å². The van der Waals surface area contributed by atoms with Crippen LogP contribution in [0.15, 0.2) is 15.9 Å². The quantitative estimate of drug-likeness (QED) is 0.579. The van der Waals surface area contributed by atoms with E-state index in [1.807, 2.05) is 0 Å². The molecule has 5 heteroatoms. The highest BCUT2D eigenvalue weighted by Gasteiger charge is 2.27. The molecule has 18 heavy (non-hydrogen) atoms. The summed E-state index contributed by atoms with van der Waals surface area (Å²) in [5.41, 5.74) is 7.12. The Morgan fingerprint density at radius 3 is 2.78 bits per heavy atom. The molecule has 2 atom stereocenters. The molecule has 1 fully saturated rings. The van der Waals surface area contributed by atoms with Crippen molar-refractivity contribution in [3.05, 3.63) is 10.8 Å². The maximum Gasteiger partial charge on any atom is 0.110 e. The van der Waals surface area contributed by atoms with Crippen LogP contribution in [-0.4, -0.2) is 18.0 Å². The summed E-state index contributed by atoms with van der Waals surface area (Å²) in [4.78, 5) is 0. The fourth-order valence-corrected chi connectivity index (χ4v) is 3.10. The molecule has 0 heterocycles. The maximum atomic E-state index is 7.12. The summed E-state index contributed by atoms with van der Waals surface area (Å²) in [5, 5.41) is 5.93. The predicted molar refractivity (Wildman–Crippen MR) is 76.1 cm³/mol. The average molecular weight is 287 g/mol. The molecule has 0 saturated heterocycles. The van der Waals surface area contributed by atoms with Crippen LogP contribution in [0, 0.1) is 17.4 Å². The van der Waals surface area contributed by atoms with Crippen LogP contribution >= 0.6 is 23.8 Å². The number of hydrogen-bond acceptors (Lipinski definition) is 4. The van der Waals surface area contributed by atoms with E-state index < -0.39 is 0 Å². The van der Waals surface area contributed by atoms with Gasteiger partial charge in [-0.1, -0.05) is 30.2 Å². The van der Waals surface area contributed by atoms with Crippen molar-refractivity contribution >= 4 is 29.2 Å². The van der Waals surface area contributed by atoms with E-state index in [0.29, 0.717) is 0 Å². The Bertz CT molecular complexity index is 347. The predicted octanol–water partition coefficient (Wildman–Crippen LogP) is 4.45. The molecule has 2 unspecified atom stereocenters. The fourth-order valence-electron chi connectivity index (χ4n) is 2.47. The maximum absolute atomic E-state index is 7.12. The number of rotatable bonds is 6. The highest BCUT2D eigenvalue weighted by Crippen LogP contribution is 2.36. The second-order valence-corrected chi connectivity index (χ2v) is 5.92. The molecule has 0 spiro atoms. The Morgan fingerprint density at radius 2 is 2.28 bits per heavy atom. The summed E-state index contributed by atoms with van der Waals surface area (Å²) in [6.45, 7) is 0.815. The van der Waals surface area contributed by atoms with Crippen LogP contribution in [0.4, 0.5) is 0 Å². The SMILES string of the molecule is N=NC(C=S)C1CCC(OCC2CCC2)=C(Cl)C1. The molecule has 0 aromatic rings. The van der Waals surface area contributed by atoms with Gasteiger partial charge in [0, 0.05) is 11.8 Å². The van der Waals surface area contributed by atoms with E-state index in [0.717, 1.165) is 42.6 Å². The van der Waals surface area contributed by atoms with Gasteiger partial charge in [-0.05, 0) is 37.5 Å². The minimum absolute atomic E-state index is 0.179. The highest BCUT2D eigenvalue weighted by molar-refractivity contribution is 7.79. The molecule has 0 amide bonds. The first-order chi connectivity index (χ1) is 8.74. The lowest BCUT2D eigenvalue weighted by molar-refractivity contribution is 0.109. The topological polar surface area (TPSA) is 45.4 Å². The van der Waals surface area contributed by atoms with Crippen molar-refractivity contribution in [2.45, 2.75) is 44.6 Å². The lowest BCUT2D eigenvalue weighted by atomic mass is 9.86. The van der Waals surface area contributed by atoms with E-state index in [9.17, 15) is 0 Å². The van der Waals surface area contributed by atoms with Crippen molar-refractivity contribution in [2.75, 3.05) is 6.61 Å². The summed E-state index contributed by atoms with van der Waals surface area (Å²) >= 11 is 11.2. The molecule has 1 saturated carbocycles. The Balaban J connectivity index is 1.86. The van der Waals surface area contributed by atoms with E-state index in [1.54, 1.807) is 5.37 Å². The molecule has 3 nitrogen and oxygen atoms in total. The number of hydrogen-bond donors (Lipinski definition) is 1. The number of allylic oxidation sites excluding steroid dienone is 2. The van der Waals surface area contributed by atoms with Crippen molar-refractivity contribution < 1.29 is 4.74 Å². The lowest BCUT2D eigenvalue weighted by Gasteiger charge is -2.29. The molecule has 0 aliphatic heterocycles. The van der Waals surface area contributed by atoms with E-state index in [4.69, 9.17) is 34.1 Å². The van der Waals surface area contributed by atoms with Crippen LogP contribution in [0.3, 0.4) is 0 Å². The number of nitrogens with zero attached hydrogens (tertiary/aromatic N) is 1. The van der Waals surface area contributed by atoms with Crippen molar-refractivity contribution in [1.29, 1.82) is 5.53 Å². The molecule has 0 radical (unpaired) electrons. The Labute approximate surface area is 118 Å². The number of halogens is 1. The minimum Gasteiger partial charge on any atom is -0.496 e. The van der Waals surface area contributed by atoms with Gasteiger partial charge in [0.15, 0.2) is 0 Å². The third kappa shape index (κ3) is 3.29. The van der Waals surface area contributed by atoms with E-state index in [1.165, 1.54) is 19.3 Å². The molecule has 2 aliphatic rings. The van der Waals surface area contributed by atoms with E-state index in [2.05, 4.69) is 5.11 Å². The van der Waals surface area contributed by atoms with Crippen LogP contribution in [0.2, 0.25) is 0 Å². The minimum atomic E-state index is -0.179. The van der Waals surface area contributed by atoms with Gasteiger partial charge in [0.1, 0.15) is 11.8 Å². The molecule has 2 rings (SSSR count). The molecule has 0 bridgehead atoms. The van der Waals surface area contributed by atoms with Crippen LogP contribution in [0.25, 0.3) is 0 Å². The fraction of sp³-hybridized carbons (Fsp3) is 0.769. The number of thiocarbonyl (C=S) groups is 1. The lowest BCUT2D eigenvalue weighted by Crippen LogP contribution is -2.24. The number of nitrogens with one attached hydrogen (secondary N) is 1. The third-order valence-corrected chi connectivity index (χ3v) is 4.62. The van der Waals surface area contributed by atoms with Gasteiger partial charge in [0.05, 0.1) is 11.6 Å². The Morgan fingerprint density at radius 1 is 1.50 bits per heavy atom.